The number of rotatable bonds is 8. The number of carbonyl (C=O) groups excluding carboxylic acids is 1. The Balaban J connectivity index is 2.17. The first-order valence-electron chi connectivity index (χ1n) is 7.79. The van der Waals surface area contributed by atoms with Crippen molar-refractivity contribution in [1.29, 1.82) is 0 Å². The summed E-state index contributed by atoms with van der Waals surface area (Å²) in [5.41, 5.74) is 0.523. The molecule has 0 saturated heterocycles. The molecule has 1 aromatic carbocycles. The lowest BCUT2D eigenvalue weighted by Crippen LogP contribution is -2.41. The van der Waals surface area contributed by atoms with Crippen molar-refractivity contribution in [2.45, 2.75) is 32.0 Å². The Hall–Kier alpha value is -2.61. The number of hydrogen-bond donors (Lipinski definition) is 1. The van der Waals surface area contributed by atoms with Crippen molar-refractivity contribution < 1.29 is 27.4 Å². The van der Waals surface area contributed by atoms with Crippen LogP contribution < -0.4 is 10.1 Å². The first kappa shape index (κ1) is 19.7. The van der Waals surface area contributed by atoms with Gasteiger partial charge < -0.3 is 14.8 Å². The quantitative estimate of drug-likeness (QED) is 0.724. The van der Waals surface area contributed by atoms with E-state index in [4.69, 9.17) is 4.74 Å². The molecule has 1 N–H and O–H groups in total. The van der Waals surface area contributed by atoms with Gasteiger partial charge in [0.1, 0.15) is 0 Å². The predicted molar refractivity (Wildman–Crippen MR) is 88.1 cm³/mol. The zero-order valence-electron chi connectivity index (χ0n) is 14.3. The molecular formula is C18H19F3N2O3. The van der Waals surface area contributed by atoms with E-state index < -0.39 is 29.7 Å². The monoisotopic (exact) mass is 368 g/mol. The number of pyridine rings is 1. The minimum Gasteiger partial charge on any atom is -0.469 e. The number of benzene rings is 1. The van der Waals surface area contributed by atoms with Gasteiger partial charge in [-0.15, -0.1) is 0 Å². The molecule has 26 heavy (non-hydrogen) atoms. The second-order valence-electron chi connectivity index (χ2n) is 5.82. The summed E-state index contributed by atoms with van der Waals surface area (Å²) in [4.78, 5) is 15.7. The maximum absolute atomic E-state index is 13.8. The van der Waals surface area contributed by atoms with Gasteiger partial charge in [0.05, 0.1) is 19.1 Å². The molecule has 0 fully saturated rings. The number of carbonyl (C=O) groups is 1. The summed E-state index contributed by atoms with van der Waals surface area (Å²) in [5, 5.41) is 3.20. The van der Waals surface area contributed by atoms with Crippen molar-refractivity contribution in [3.63, 3.8) is 0 Å². The molecule has 0 saturated carbocycles. The molecule has 0 radical (unpaired) electrons. The Morgan fingerprint density at radius 2 is 1.96 bits per heavy atom. The van der Waals surface area contributed by atoms with Gasteiger partial charge in [0.15, 0.2) is 11.6 Å². The first-order chi connectivity index (χ1) is 12.3. The van der Waals surface area contributed by atoms with Gasteiger partial charge in [0.25, 0.3) is 0 Å². The molecule has 140 valence electrons. The largest absolute Gasteiger partial charge is 0.469 e. The van der Waals surface area contributed by atoms with Crippen LogP contribution in [0.25, 0.3) is 0 Å². The topological polar surface area (TPSA) is 60.5 Å². The summed E-state index contributed by atoms with van der Waals surface area (Å²) in [6.45, 7) is -1.09. The minimum absolute atomic E-state index is 0.0442. The van der Waals surface area contributed by atoms with E-state index in [0.717, 1.165) is 17.7 Å². The third-order valence-corrected chi connectivity index (χ3v) is 3.94. The van der Waals surface area contributed by atoms with E-state index in [9.17, 15) is 18.0 Å². The van der Waals surface area contributed by atoms with Crippen LogP contribution in [0.3, 0.4) is 0 Å². The molecule has 2 aromatic rings. The number of halogens is 3. The lowest BCUT2D eigenvalue weighted by atomic mass is 9.89. The van der Waals surface area contributed by atoms with Crippen LogP contribution >= 0.6 is 0 Å². The van der Waals surface area contributed by atoms with Gasteiger partial charge in [-0.2, -0.15) is 8.78 Å². The van der Waals surface area contributed by atoms with Gasteiger partial charge in [-0.25, -0.2) is 4.39 Å². The lowest BCUT2D eigenvalue weighted by molar-refractivity contribution is -0.142. The molecule has 5 nitrogen and oxygen atoms in total. The maximum atomic E-state index is 13.8. The van der Waals surface area contributed by atoms with Crippen molar-refractivity contribution in [1.82, 2.24) is 10.3 Å². The predicted octanol–water partition coefficient (Wildman–Crippen LogP) is 3.39. The Bertz CT molecular complexity index is 744. The summed E-state index contributed by atoms with van der Waals surface area (Å²) in [7, 11) is 1.30. The Kier molecular flexibility index (Phi) is 6.57. The second-order valence-corrected chi connectivity index (χ2v) is 5.82. The van der Waals surface area contributed by atoms with E-state index in [1.807, 2.05) is 6.92 Å². The summed E-state index contributed by atoms with van der Waals surface area (Å²) in [5.74, 6) is -1.82. The van der Waals surface area contributed by atoms with E-state index in [1.54, 1.807) is 24.5 Å². The third kappa shape index (κ3) is 5.19. The number of hydrogen-bond acceptors (Lipinski definition) is 5. The van der Waals surface area contributed by atoms with Gasteiger partial charge in [-0.05, 0) is 42.3 Å². The van der Waals surface area contributed by atoms with E-state index in [-0.39, 0.29) is 13.0 Å². The van der Waals surface area contributed by atoms with Crippen LogP contribution in [-0.4, -0.2) is 24.7 Å². The number of nitrogens with zero attached hydrogens (tertiary/aromatic N) is 1. The molecule has 0 bridgehead atoms. The molecule has 8 heteroatoms. The van der Waals surface area contributed by atoms with Crippen molar-refractivity contribution in [2.75, 3.05) is 7.11 Å². The molecule has 1 atom stereocenters. The van der Waals surface area contributed by atoms with Crippen molar-refractivity contribution in [3.05, 3.63) is 59.7 Å². The molecule has 0 aliphatic carbocycles. The highest BCUT2D eigenvalue weighted by Crippen LogP contribution is 2.26. The fraction of sp³-hybridized carbons (Fsp3) is 0.333. The summed E-state index contributed by atoms with van der Waals surface area (Å²) < 4.78 is 47.1. The van der Waals surface area contributed by atoms with Crippen LogP contribution in [-0.2, 0) is 21.6 Å². The zero-order chi connectivity index (χ0) is 19.2. The molecule has 0 amide bonds. The molecule has 0 aliphatic heterocycles. The van der Waals surface area contributed by atoms with Gasteiger partial charge in [0, 0.05) is 18.9 Å². The van der Waals surface area contributed by atoms with Gasteiger partial charge in [-0.3, -0.25) is 9.78 Å². The summed E-state index contributed by atoms with van der Waals surface area (Å²) in [6, 6.07) is 7.24. The fourth-order valence-electron chi connectivity index (χ4n) is 2.49. The zero-order valence-corrected chi connectivity index (χ0v) is 14.3. The van der Waals surface area contributed by atoms with E-state index >= 15 is 0 Å². The van der Waals surface area contributed by atoms with Crippen LogP contribution in [0.4, 0.5) is 13.2 Å². The standard InChI is InChI=1S/C18H19F3N2O3/c1-18(10-16(24)25-2,13-5-7-22-8-6-13)23-11-12-3-4-15(14(19)9-12)26-17(20)21/h3-9,17,23H,10-11H2,1-2H3/t18-/m1/s1. The van der Waals surface area contributed by atoms with Crippen LogP contribution in [0.1, 0.15) is 24.5 Å². The normalized spacial score (nSPS) is 13.3. The molecule has 0 spiro atoms. The van der Waals surface area contributed by atoms with Crippen LogP contribution in [0.15, 0.2) is 42.7 Å². The van der Waals surface area contributed by atoms with Crippen LogP contribution in [0, 0.1) is 5.82 Å². The average Bonchev–Trinajstić information content (AvgIpc) is 2.62. The van der Waals surface area contributed by atoms with E-state index in [2.05, 4.69) is 15.0 Å². The molecule has 0 aliphatic rings. The maximum Gasteiger partial charge on any atom is 0.387 e. The molecule has 1 aromatic heterocycles. The second kappa shape index (κ2) is 8.66. The van der Waals surface area contributed by atoms with Crippen LogP contribution in [0.2, 0.25) is 0 Å². The van der Waals surface area contributed by atoms with Gasteiger partial charge in [0.2, 0.25) is 0 Å². The number of alkyl halides is 2. The highest BCUT2D eigenvalue weighted by atomic mass is 19.3. The van der Waals surface area contributed by atoms with E-state index in [0.29, 0.717) is 5.56 Å². The van der Waals surface area contributed by atoms with Gasteiger partial charge >= 0.3 is 12.6 Å². The number of ether oxygens (including phenoxy) is 2. The van der Waals surface area contributed by atoms with Crippen molar-refractivity contribution in [3.8, 4) is 5.75 Å². The lowest BCUT2D eigenvalue weighted by Gasteiger charge is -2.30. The van der Waals surface area contributed by atoms with Crippen molar-refractivity contribution >= 4 is 5.97 Å². The fourth-order valence-corrected chi connectivity index (χ4v) is 2.49. The molecule has 0 unspecified atom stereocenters. The number of aromatic nitrogens is 1. The number of esters is 1. The first-order valence-corrected chi connectivity index (χ1v) is 7.79. The van der Waals surface area contributed by atoms with Crippen LogP contribution in [0.5, 0.6) is 5.75 Å². The molecule has 2 rings (SSSR count). The van der Waals surface area contributed by atoms with Gasteiger partial charge in [-0.1, -0.05) is 6.07 Å². The Labute approximate surface area is 149 Å². The Morgan fingerprint density at radius 3 is 2.54 bits per heavy atom. The smallest absolute Gasteiger partial charge is 0.387 e. The average molecular weight is 368 g/mol. The third-order valence-electron chi connectivity index (χ3n) is 3.94. The minimum atomic E-state index is -3.09. The van der Waals surface area contributed by atoms with E-state index in [1.165, 1.54) is 13.2 Å². The summed E-state index contributed by atoms with van der Waals surface area (Å²) in [6.07, 6.45) is 3.24. The highest BCUT2D eigenvalue weighted by Gasteiger charge is 2.29. The SMILES string of the molecule is COC(=O)C[C@@](C)(NCc1ccc(OC(F)F)c(F)c1)c1ccncc1. The summed E-state index contributed by atoms with van der Waals surface area (Å²) >= 11 is 0. The highest BCUT2D eigenvalue weighted by molar-refractivity contribution is 5.71. The number of methoxy groups -OCH3 is 1. The Morgan fingerprint density at radius 1 is 1.27 bits per heavy atom. The molecule has 1 heterocycles. The van der Waals surface area contributed by atoms with Crippen molar-refractivity contribution in [2.24, 2.45) is 0 Å². The molecular weight excluding hydrogens is 349 g/mol. The number of nitrogens with one attached hydrogen (secondary N) is 1.